The Labute approximate surface area is 242 Å². The van der Waals surface area contributed by atoms with E-state index in [9.17, 15) is 0 Å². The monoisotopic (exact) mass is 556 g/mol. The van der Waals surface area contributed by atoms with Crippen molar-refractivity contribution in [2.24, 2.45) is 0 Å². The van der Waals surface area contributed by atoms with Crippen LogP contribution in [0.1, 0.15) is 22.3 Å². The molecular formula is C34H36O5S. The Morgan fingerprint density at radius 1 is 0.450 bits per heavy atom. The molecule has 1 saturated heterocycles. The molecule has 40 heavy (non-hydrogen) atoms. The maximum absolute atomic E-state index is 6.64. The Kier molecular flexibility index (Phi) is 10.8. The van der Waals surface area contributed by atoms with E-state index in [1.165, 1.54) is 0 Å². The van der Waals surface area contributed by atoms with Gasteiger partial charge in [-0.05, 0) is 22.3 Å². The third-order valence-electron chi connectivity index (χ3n) is 6.88. The lowest BCUT2D eigenvalue weighted by molar-refractivity contribution is -0.321. The van der Waals surface area contributed by atoms with Gasteiger partial charge in [-0.3, -0.25) is 0 Å². The van der Waals surface area contributed by atoms with Crippen molar-refractivity contribution in [2.75, 3.05) is 5.75 Å². The van der Waals surface area contributed by atoms with E-state index >= 15 is 0 Å². The second-order valence-electron chi connectivity index (χ2n) is 9.81. The van der Waals surface area contributed by atoms with Gasteiger partial charge in [-0.1, -0.05) is 121 Å². The summed E-state index contributed by atoms with van der Waals surface area (Å²) in [7, 11) is 0. The summed E-state index contributed by atoms with van der Waals surface area (Å²) in [6, 6.07) is 40.4. The van der Waals surface area contributed by atoms with Crippen molar-refractivity contribution >= 4 is 12.6 Å². The van der Waals surface area contributed by atoms with Gasteiger partial charge in [-0.25, -0.2) is 0 Å². The van der Waals surface area contributed by atoms with E-state index in [-0.39, 0.29) is 6.10 Å². The van der Waals surface area contributed by atoms with E-state index in [0.29, 0.717) is 32.2 Å². The van der Waals surface area contributed by atoms with Gasteiger partial charge in [0, 0.05) is 5.75 Å². The summed E-state index contributed by atoms with van der Waals surface area (Å²) < 4.78 is 32.6. The van der Waals surface area contributed by atoms with Crippen LogP contribution in [-0.2, 0) is 50.1 Å². The van der Waals surface area contributed by atoms with Crippen molar-refractivity contribution in [3.63, 3.8) is 0 Å². The molecule has 0 amide bonds. The normalized spacial score (nSPS) is 22.7. The van der Waals surface area contributed by atoms with Crippen molar-refractivity contribution in [2.45, 2.75) is 57.1 Å². The maximum atomic E-state index is 6.64. The first kappa shape index (κ1) is 28.6. The highest BCUT2D eigenvalue weighted by Gasteiger charge is 2.48. The molecule has 1 aliphatic heterocycles. The molecule has 4 aromatic rings. The van der Waals surface area contributed by atoms with E-state index in [4.69, 9.17) is 23.7 Å². The van der Waals surface area contributed by atoms with E-state index in [2.05, 4.69) is 24.8 Å². The zero-order chi connectivity index (χ0) is 27.4. The van der Waals surface area contributed by atoms with E-state index < -0.39 is 24.6 Å². The maximum Gasteiger partial charge on any atom is 0.187 e. The minimum absolute atomic E-state index is 0.356. The average Bonchev–Trinajstić information content (AvgIpc) is 3.03. The summed E-state index contributed by atoms with van der Waals surface area (Å²) >= 11 is 4.64. The smallest absolute Gasteiger partial charge is 0.187 e. The fraction of sp³-hybridized carbons (Fsp3) is 0.294. The summed E-state index contributed by atoms with van der Waals surface area (Å²) in [6.07, 6.45) is -2.44. The molecule has 4 aromatic carbocycles. The standard InChI is InChI=1S/C34H36O5S/c40-25-30-31(35-21-26-13-5-1-6-14-26)32(36-22-27-15-7-2-8-16-27)33(37-23-28-17-9-3-10-18-28)34(39-30)38-24-29-19-11-4-12-20-29/h1-20,30-34,40H,21-25H2. The molecule has 208 valence electrons. The number of ether oxygens (including phenoxy) is 5. The molecule has 5 unspecified atom stereocenters. The van der Waals surface area contributed by atoms with Crippen LogP contribution in [0.4, 0.5) is 0 Å². The lowest BCUT2D eigenvalue weighted by Gasteiger charge is -2.45. The van der Waals surface area contributed by atoms with Gasteiger partial charge in [0.05, 0.1) is 32.5 Å². The molecule has 0 aromatic heterocycles. The van der Waals surface area contributed by atoms with Crippen LogP contribution >= 0.6 is 12.6 Å². The third kappa shape index (κ3) is 8.04. The Balaban J connectivity index is 1.41. The van der Waals surface area contributed by atoms with Gasteiger partial charge < -0.3 is 23.7 Å². The first-order chi connectivity index (χ1) is 19.8. The summed E-state index contributed by atoms with van der Waals surface area (Å²) in [5.74, 6) is 0.446. The molecule has 0 radical (unpaired) electrons. The molecule has 6 heteroatoms. The Morgan fingerprint density at radius 3 is 1.20 bits per heavy atom. The van der Waals surface area contributed by atoms with Crippen LogP contribution in [-0.4, -0.2) is 36.5 Å². The third-order valence-corrected chi connectivity index (χ3v) is 7.24. The first-order valence-electron chi connectivity index (χ1n) is 13.7. The molecule has 5 atom stereocenters. The van der Waals surface area contributed by atoms with Gasteiger partial charge >= 0.3 is 0 Å². The van der Waals surface area contributed by atoms with Crippen LogP contribution in [0, 0.1) is 0 Å². The van der Waals surface area contributed by atoms with E-state index in [0.717, 1.165) is 22.3 Å². The largest absolute Gasteiger partial charge is 0.368 e. The average molecular weight is 557 g/mol. The molecule has 0 N–H and O–H groups in total. The van der Waals surface area contributed by atoms with Crippen LogP contribution in [0.2, 0.25) is 0 Å². The number of thiol groups is 1. The van der Waals surface area contributed by atoms with Gasteiger partial charge in [-0.2, -0.15) is 12.6 Å². The fourth-order valence-electron chi connectivity index (χ4n) is 4.78. The molecule has 5 nitrogen and oxygen atoms in total. The van der Waals surface area contributed by atoms with Crippen molar-refractivity contribution < 1.29 is 23.7 Å². The van der Waals surface area contributed by atoms with Crippen LogP contribution in [0.15, 0.2) is 121 Å². The molecule has 1 aliphatic rings. The highest BCUT2D eigenvalue weighted by Crippen LogP contribution is 2.32. The summed E-state index contributed by atoms with van der Waals surface area (Å²) in [5.41, 5.74) is 4.26. The minimum Gasteiger partial charge on any atom is -0.368 e. The molecule has 1 fully saturated rings. The second kappa shape index (κ2) is 15.1. The van der Waals surface area contributed by atoms with Gasteiger partial charge in [0.2, 0.25) is 0 Å². The lowest BCUT2D eigenvalue weighted by atomic mass is 9.98. The van der Waals surface area contributed by atoms with Gasteiger partial charge in [0.15, 0.2) is 6.29 Å². The number of hydrogen-bond donors (Lipinski definition) is 1. The quantitative estimate of drug-likeness (QED) is 0.188. The summed E-state index contributed by atoms with van der Waals surface area (Å²) in [4.78, 5) is 0. The number of rotatable bonds is 13. The van der Waals surface area contributed by atoms with Crippen molar-refractivity contribution in [1.82, 2.24) is 0 Å². The Hall–Kier alpha value is -2.97. The van der Waals surface area contributed by atoms with Crippen LogP contribution in [0.3, 0.4) is 0 Å². The summed E-state index contributed by atoms with van der Waals surface area (Å²) in [5, 5.41) is 0. The lowest BCUT2D eigenvalue weighted by Crippen LogP contribution is -2.61. The van der Waals surface area contributed by atoms with Gasteiger partial charge in [0.1, 0.15) is 18.3 Å². The summed E-state index contributed by atoms with van der Waals surface area (Å²) in [6.45, 7) is 1.61. The zero-order valence-corrected chi connectivity index (χ0v) is 23.4. The predicted molar refractivity (Wildman–Crippen MR) is 159 cm³/mol. The minimum atomic E-state index is -0.668. The molecule has 0 bridgehead atoms. The zero-order valence-electron chi connectivity index (χ0n) is 22.5. The molecular weight excluding hydrogens is 520 g/mol. The van der Waals surface area contributed by atoms with Crippen LogP contribution in [0.5, 0.6) is 0 Å². The van der Waals surface area contributed by atoms with Crippen molar-refractivity contribution in [3.05, 3.63) is 144 Å². The van der Waals surface area contributed by atoms with Crippen molar-refractivity contribution in [1.29, 1.82) is 0 Å². The van der Waals surface area contributed by atoms with E-state index in [1.54, 1.807) is 0 Å². The highest BCUT2D eigenvalue weighted by molar-refractivity contribution is 7.80. The number of benzene rings is 4. The molecule has 0 aliphatic carbocycles. The van der Waals surface area contributed by atoms with Gasteiger partial charge in [-0.15, -0.1) is 0 Å². The molecule has 5 rings (SSSR count). The van der Waals surface area contributed by atoms with Crippen LogP contribution in [0.25, 0.3) is 0 Å². The first-order valence-corrected chi connectivity index (χ1v) is 14.3. The fourth-order valence-corrected chi connectivity index (χ4v) is 5.07. The highest BCUT2D eigenvalue weighted by atomic mass is 32.1. The van der Waals surface area contributed by atoms with Crippen molar-refractivity contribution in [3.8, 4) is 0 Å². The molecule has 0 spiro atoms. The molecule has 1 heterocycles. The predicted octanol–water partition coefficient (Wildman–Crippen LogP) is 6.61. The van der Waals surface area contributed by atoms with Crippen LogP contribution < -0.4 is 0 Å². The topological polar surface area (TPSA) is 46.2 Å². The SMILES string of the molecule is SCC1OC(OCc2ccccc2)C(OCc2ccccc2)C(OCc2ccccc2)C1OCc1ccccc1. The number of hydrogen-bond acceptors (Lipinski definition) is 6. The second-order valence-corrected chi connectivity index (χ2v) is 10.2. The Bertz CT molecular complexity index is 1240. The Morgan fingerprint density at radius 2 is 0.800 bits per heavy atom. The van der Waals surface area contributed by atoms with Gasteiger partial charge in [0.25, 0.3) is 0 Å². The molecule has 0 saturated carbocycles. The van der Waals surface area contributed by atoms with E-state index in [1.807, 2.05) is 109 Å².